The molecular formula is C22H30N2O4. The lowest BCUT2D eigenvalue weighted by Gasteiger charge is -2.26. The van der Waals surface area contributed by atoms with Crippen LogP contribution in [0.3, 0.4) is 0 Å². The van der Waals surface area contributed by atoms with Crippen LogP contribution in [0.2, 0.25) is 0 Å². The Bertz CT molecular complexity index is 703. The minimum Gasteiger partial charge on any atom is -0.491 e. The number of hydrogen-bond acceptors (Lipinski definition) is 6. The second kappa shape index (κ2) is 9.51. The van der Waals surface area contributed by atoms with Gasteiger partial charge in [0.05, 0.1) is 26.4 Å². The molecule has 2 aliphatic heterocycles. The molecule has 1 aromatic carbocycles. The number of fused-ring (bicyclic) bond motifs is 3. The number of hydrogen-bond donors (Lipinski definition) is 1. The molecule has 28 heavy (non-hydrogen) atoms. The number of ether oxygens (including phenoxy) is 4. The van der Waals surface area contributed by atoms with E-state index in [1.54, 1.807) is 0 Å². The molecule has 6 nitrogen and oxygen atoms in total. The number of rotatable bonds is 10. The van der Waals surface area contributed by atoms with Gasteiger partial charge in [0.1, 0.15) is 25.1 Å². The molecular weight excluding hydrogens is 356 g/mol. The Morgan fingerprint density at radius 2 is 1.89 bits per heavy atom. The van der Waals surface area contributed by atoms with E-state index in [0.717, 1.165) is 25.4 Å². The minimum atomic E-state index is 0.412. The Morgan fingerprint density at radius 3 is 2.75 bits per heavy atom. The molecule has 4 rings (SSSR count). The molecule has 0 unspecified atom stereocenters. The third-order valence-electron chi connectivity index (χ3n) is 5.91. The zero-order valence-corrected chi connectivity index (χ0v) is 16.5. The van der Waals surface area contributed by atoms with Gasteiger partial charge in [-0.25, -0.2) is 0 Å². The van der Waals surface area contributed by atoms with E-state index >= 15 is 0 Å². The van der Waals surface area contributed by atoms with E-state index in [-0.39, 0.29) is 0 Å². The fraction of sp³-hybridized carbons (Fsp3) is 0.636. The smallest absolute Gasteiger partial charge is 0.125 e. The molecule has 1 N–H and O–H groups in total. The van der Waals surface area contributed by atoms with Crippen molar-refractivity contribution in [2.75, 3.05) is 57.6 Å². The summed E-state index contributed by atoms with van der Waals surface area (Å²) in [7, 11) is 0. The van der Waals surface area contributed by atoms with Crippen LogP contribution in [-0.2, 0) is 20.8 Å². The van der Waals surface area contributed by atoms with Crippen molar-refractivity contribution in [3.05, 3.63) is 23.3 Å². The number of terminal acetylenes is 1. The molecule has 1 aromatic rings. The van der Waals surface area contributed by atoms with Crippen molar-refractivity contribution in [2.45, 2.75) is 37.8 Å². The molecule has 0 saturated heterocycles. The van der Waals surface area contributed by atoms with E-state index < -0.39 is 0 Å². The van der Waals surface area contributed by atoms with Crippen molar-refractivity contribution in [1.29, 1.82) is 0 Å². The van der Waals surface area contributed by atoms with Crippen LogP contribution in [0, 0.1) is 12.5 Å². The minimum absolute atomic E-state index is 0.412. The summed E-state index contributed by atoms with van der Waals surface area (Å²) in [6, 6.07) is 5.05. The normalized spacial score (nSPS) is 22.3. The summed E-state index contributed by atoms with van der Waals surface area (Å²) in [5.41, 5.74) is 4.30. The Morgan fingerprint density at radius 1 is 1.07 bits per heavy atom. The first-order valence-electron chi connectivity index (χ1n) is 10.4. The standard InChI is InChI=1S/C22H30N2O4/c1-2-25-10-11-26-12-13-27-14-15-28-20-7-6-17-16-23-8-9-24-19-5-3-4-18(19)21(20)22(17)24/h1,6-7,18-19,23H,3-5,8-16H2/t18-,19+/m0/s1. The van der Waals surface area contributed by atoms with Gasteiger partial charge in [0.2, 0.25) is 0 Å². The molecule has 1 aliphatic carbocycles. The quantitative estimate of drug-likeness (QED) is 0.492. The predicted octanol–water partition coefficient (Wildman–Crippen LogP) is 2.27. The lowest BCUT2D eigenvalue weighted by molar-refractivity contribution is 0.0245. The number of nitrogens with one attached hydrogen (secondary N) is 1. The second-order valence-corrected chi connectivity index (χ2v) is 7.50. The fourth-order valence-electron chi connectivity index (χ4n) is 4.81. The zero-order valence-electron chi connectivity index (χ0n) is 16.5. The predicted molar refractivity (Wildman–Crippen MR) is 108 cm³/mol. The summed E-state index contributed by atoms with van der Waals surface area (Å²) in [5.74, 6) is 1.67. The third-order valence-corrected chi connectivity index (χ3v) is 5.91. The van der Waals surface area contributed by atoms with Crippen molar-refractivity contribution in [3.8, 4) is 18.3 Å². The molecule has 0 aromatic heterocycles. The molecule has 0 amide bonds. The second-order valence-electron chi connectivity index (χ2n) is 7.50. The van der Waals surface area contributed by atoms with Gasteiger partial charge in [0, 0.05) is 42.8 Å². The molecule has 6 heteroatoms. The average molecular weight is 386 g/mol. The summed E-state index contributed by atoms with van der Waals surface area (Å²) in [4.78, 5) is 2.65. The number of benzene rings is 1. The van der Waals surface area contributed by atoms with E-state index in [4.69, 9.17) is 25.4 Å². The van der Waals surface area contributed by atoms with Crippen molar-refractivity contribution >= 4 is 5.69 Å². The van der Waals surface area contributed by atoms with Crippen molar-refractivity contribution < 1.29 is 18.9 Å². The van der Waals surface area contributed by atoms with E-state index in [9.17, 15) is 0 Å². The van der Waals surface area contributed by atoms with Crippen molar-refractivity contribution in [2.24, 2.45) is 0 Å². The summed E-state index contributed by atoms with van der Waals surface area (Å²) in [5, 5.41) is 3.55. The average Bonchev–Trinajstić information content (AvgIpc) is 3.22. The first-order valence-corrected chi connectivity index (χ1v) is 10.4. The van der Waals surface area contributed by atoms with Crippen LogP contribution >= 0.6 is 0 Å². The summed E-state index contributed by atoms with van der Waals surface area (Å²) in [6.07, 6.45) is 11.0. The Kier molecular flexibility index (Phi) is 6.58. The van der Waals surface area contributed by atoms with Crippen LogP contribution in [0.5, 0.6) is 5.75 Å². The first kappa shape index (κ1) is 19.4. The van der Waals surface area contributed by atoms with Gasteiger partial charge in [-0.15, -0.1) is 0 Å². The van der Waals surface area contributed by atoms with Crippen LogP contribution in [0.15, 0.2) is 12.1 Å². The van der Waals surface area contributed by atoms with Gasteiger partial charge in [-0.1, -0.05) is 18.9 Å². The van der Waals surface area contributed by atoms with Gasteiger partial charge in [-0.2, -0.15) is 0 Å². The molecule has 3 aliphatic rings. The first-order chi connectivity index (χ1) is 13.9. The third kappa shape index (κ3) is 4.07. The zero-order chi connectivity index (χ0) is 19.2. The van der Waals surface area contributed by atoms with Crippen LogP contribution in [0.25, 0.3) is 0 Å². The van der Waals surface area contributed by atoms with E-state index in [2.05, 4.69) is 28.5 Å². The maximum Gasteiger partial charge on any atom is 0.125 e. The molecule has 0 bridgehead atoms. The van der Waals surface area contributed by atoms with Crippen LogP contribution < -0.4 is 15.0 Å². The lowest BCUT2D eigenvalue weighted by Crippen LogP contribution is -2.35. The van der Waals surface area contributed by atoms with E-state index in [1.165, 1.54) is 36.1 Å². The highest BCUT2D eigenvalue weighted by Gasteiger charge is 2.44. The maximum atomic E-state index is 6.17. The molecule has 1 saturated carbocycles. The van der Waals surface area contributed by atoms with Crippen molar-refractivity contribution in [3.63, 3.8) is 0 Å². The summed E-state index contributed by atoms with van der Waals surface area (Å²) in [6.45, 7) is 6.18. The van der Waals surface area contributed by atoms with Gasteiger partial charge in [-0.3, -0.25) is 0 Å². The van der Waals surface area contributed by atoms with Crippen molar-refractivity contribution in [1.82, 2.24) is 5.32 Å². The van der Waals surface area contributed by atoms with Crippen LogP contribution in [0.1, 0.15) is 36.3 Å². The van der Waals surface area contributed by atoms with Crippen LogP contribution in [-0.4, -0.2) is 58.8 Å². The number of anilines is 1. The molecule has 1 fully saturated rings. The van der Waals surface area contributed by atoms with Gasteiger partial charge < -0.3 is 29.2 Å². The number of nitrogens with zero attached hydrogens (tertiary/aromatic N) is 1. The lowest BCUT2D eigenvalue weighted by atomic mass is 9.95. The molecule has 0 radical (unpaired) electrons. The molecule has 0 spiro atoms. The Balaban J connectivity index is 1.29. The molecule has 2 atom stereocenters. The largest absolute Gasteiger partial charge is 0.491 e. The van der Waals surface area contributed by atoms with Gasteiger partial charge in [-0.05, 0) is 24.5 Å². The molecule has 152 valence electrons. The van der Waals surface area contributed by atoms with Gasteiger partial charge in [0.15, 0.2) is 0 Å². The SMILES string of the molecule is C#COCCOCCOCCOc1ccc2c3c1[C@H]1CCC[C@H]1N3CCNC2. The Hall–Kier alpha value is -1.94. The highest BCUT2D eigenvalue weighted by molar-refractivity contribution is 5.71. The fourth-order valence-corrected chi connectivity index (χ4v) is 4.81. The molecule has 2 heterocycles. The van der Waals surface area contributed by atoms with E-state index in [0.29, 0.717) is 51.6 Å². The van der Waals surface area contributed by atoms with Gasteiger partial charge >= 0.3 is 0 Å². The maximum absolute atomic E-state index is 6.17. The summed E-state index contributed by atoms with van der Waals surface area (Å²) >= 11 is 0. The van der Waals surface area contributed by atoms with Gasteiger partial charge in [0.25, 0.3) is 0 Å². The highest BCUT2D eigenvalue weighted by Crippen LogP contribution is 2.54. The highest BCUT2D eigenvalue weighted by atomic mass is 16.6. The van der Waals surface area contributed by atoms with E-state index in [1.807, 2.05) is 0 Å². The monoisotopic (exact) mass is 386 g/mol. The topological polar surface area (TPSA) is 52.2 Å². The van der Waals surface area contributed by atoms with Crippen LogP contribution in [0.4, 0.5) is 5.69 Å². The summed E-state index contributed by atoms with van der Waals surface area (Å²) < 4.78 is 21.9. The Labute approximate surface area is 167 Å².